The number of carbonyl (C=O) groups is 1. The number of carbonyl (C=O) groups excluding carboxylic acids is 1. The standard InChI is InChI=1S/C19H25N3O3/c1-13-11-16(25-21-13)12-18(23)22-10-6-9-17(22)19(24)20-14(2)15-7-4-3-5-8-15/h3-5,7-8,11,14,17,19-20,24H,6,9-10,12H2,1-2H3/t14-,17-,19?/m0/s1. The predicted octanol–water partition coefficient (Wildman–Crippen LogP) is 2.19. The molecule has 0 aliphatic carbocycles. The van der Waals surface area contributed by atoms with Crippen LogP contribution in [0.15, 0.2) is 40.9 Å². The average Bonchev–Trinajstić information content (AvgIpc) is 3.24. The Morgan fingerprint density at radius 1 is 1.44 bits per heavy atom. The lowest BCUT2D eigenvalue weighted by Crippen LogP contribution is -2.50. The molecule has 1 aromatic heterocycles. The van der Waals surface area contributed by atoms with Crippen LogP contribution in [-0.2, 0) is 11.2 Å². The maximum atomic E-state index is 12.6. The van der Waals surface area contributed by atoms with E-state index in [1.165, 1.54) is 0 Å². The highest BCUT2D eigenvalue weighted by Crippen LogP contribution is 2.23. The first-order valence-corrected chi connectivity index (χ1v) is 8.75. The fourth-order valence-corrected chi connectivity index (χ4v) is 3.39. The number of benzene rings is 1. The van der Waals surface area contributed by atoms with E-state index < -0.39 is 6.23 Å². The first kappa shape index (κ1) is 17.6. The average molecular weight is 343 g/mol. The van der Waals surface area contributed by atoms with Crippen molar-refractivity contribution in [3.8, 4) is 0 Å². The summed E-state index contributed by atoms with van der Waals surface area (Å²) in [6.45, 7) is 4.50. The summed E-state index contributed by atoms with van der Waals surface area (Å²) in [5.41, 5.74) is 1.87. The van der Waals surface area contributed by atoms with Crippen LogP contribution in [0.5, 0.6) is 0 Å². The Morgan fingerprint density at radius 3 is 2.88 bits per heavy atom. The van der Waals surface area contributed by atoms with E-state index in [0.717, 1.165) is 24.1 Å². The van der Waals surface area contributed by atoms with Gasteiger partial charge in [0, 0.05) is 18.7 Å². The zero-order valence-corrected chi connectivity index (χ0v) is 14.7. The molecule has 2 N–H and O–H groups in total. The van der Waals surface area contributed by atoms with Crippen molar-refractivity contribution in [2.75, 3.05) is 6.54 Å². The molecule has 2 heterocycles. The van der Waals surface area contributed by atoms with Crippen LogP contribution >= 0.6 is 0 Å². The quantitative estimate of drug-likeness (QED) is 0.786. The first-order chi connectivity index (χ1) is 12.0. The second-order valence-electron chi connectivity index (χ2n) is 6.65. The number of nitrogens with zero attached hydrogens (tertiary/aromatic N) is 2. The molecular formula is C19H25N3O3. The second-order valence-corrected chi connectivity index (χ2v) is 6.65. The van der Waals surface area contributed by atoms with Gasteiger partial charge in [0.2, 0.25) is 5.91 Å². The third-order valence-electron chi connectivity index (χ3n) is 4.71. The largest absolute Gasteiger partial charge is 0.376 e. The zero-order valence-electron chi connectivity index (χ0n) is 14.7. The number of nitrogens with one attached hydrogen (secondary N) is 1. The van der Waals surface area contributed by atoms with Crippen LogP contribution in [-0.4, -0.2) is 39.9 Å². The van der Waals surface area contributed by atoms with Gasteiger partial charge in [-0.15, -0.1) is 0 Å². The number of aliphatic hydroxyl groups is 1. The van der Waals surface area contributed by atoms with Gasteiger partial charge in [-0.3, -0.25) is 10.1 Å². The molecule has 2 aromatic rings. The van der Waals surface area contributed by atoms with E-state index in [1.54, 1.807) is 11.0 Å². The van der Waals surface area contributed by atoms with Gasteiger partial charge in [-0.1, -0.05) is 35.5 Å². The molecule has 1 aromatic carbocycles. The molecular weight excluding hydrogens is 318 g/mol. The van der Waals surface area contributed by atoms with Crippen LogP contribution in [0.3, 0.4) is 0 Å². The van der Waals surface area contributed by atoms with Crippen molar-refractivity contribution in [3.05, 3.63) is 53.4 Å². The molecule has 6 heteroatoms. The van der Waals surface area contributed by atoms with Crippen molar-refractivity contribution in [3.63, 3.8) is 0 Å². The molecule has 25 heavy (non-hydrogen) atoms. The minimum absolute atomic E-state index is 0.00525. The van der Waals surface area contributed by atoms with Crippen LogP contribution in [0.4, 0.5) is 0 Å². The third-order valence-corrected chi connectivity index (χ3v) is 4.71. The fraction of sp³-hybridized carbons (Fsp3) is 0.474. The van der Waals surface area contributed by atoms with Crippen molar-refractivity contribution >= 4 is 5.91 Å². The lowest BCUT2D eigenvalue weighted by Gasteiger charge is -2.31. The lowest BCUT2D eigenvalue weighted by atomic mass is 10.1. The first-order valence-electron chi connectivity index (χ1n) is 8.75. The molecule has 1 unspecified atom stereocenters. The Labute approximate surface area is 147 Å². The van der Waals surface area contributed by atoms with Gasteiger partial charge in [0.1, 0.15) is 12.0 Å². The van der Waals surface area contributed by atoms with E-state index in [1.807, 2.05) is 44.2 Å². The van der Waals surface area contributed by atoms with Crippen LogP contribution in [0.25, 0.3) is 0 Å². The summed E-state index contributed by atoms with van der Waals surface area (Å²) < 4.78 is 5.14. The van der Waals surface area contributed by atoms with Gasteiger partial charge in [0.15, 0.2) is 0 Å². The molecule has 3 rings (SSSR count). The number of hydrogen-bond acceptors (Lipinski definition) is 5. The minimum Gasteiger partial charge on any atom is -0.376 e. The summed E-state index contributed by atoms with van der Waals surface area (Å²) in [7, 11) is 0. The number of aryl methyl sites for hydroxylation is 1. The van der Waals surface area contributed by atoms with Crippen molar-refractivity contribution in [2.45, 2.75) is 51.4 Å². The summed E-state index contributed by atoms with van der Waals surface area (Å²) >= 11 is 0. The normalized spacial score (nSPS) is 19.8. The number of amides is 1. The molecule has 1 saturated heterocycles. The molecule has 1 amide bonds. The SMILES string of the molecule is Cc1cc(CC(=O)N2CCC[C@H]2C(O)N[C@@H](C)c2ccccc2)on1. The number of likely N-dealkylation sites (tertiary alicyclic amines) is 1. The molecule has 0 radical (unpaired) electrons. The van der Waals surface area contributed by atoms with E-state index in [-0.39, 0.29) is 24.4 Å². The number of hydrogen-bond donors (Lipinski definition) is 2. The summed E-state index contributed by atoms with van der Waals surface area (Å²) in [4.78, 5) is 14.4. The molecule has 1 aliphatic rings. The predicted molar refractivity (Wildman–Crippen MR) is 93.7 cm³/mol. The van der Waals surface area contributed by atoms with Crippen LogP contribution in [0, 0.1) is 6.92 Å². The molecule has 0 bridgehead atoms. The maximum Gasteiger partial charge on any atom is 0.230 e. The number of aliphatic hydroxyl groups excluding tert-OH is 1. The van der Waals surface area contributed by atoms with E-state index in [9.17, 15) is 9.90 Å². The Morgan fingerprint density at radius 2 is 2.20 bits per heavy atom. The van der Waals surface area contributed by atoms with Gasteiger partial charge < -0.3 is 14.5 Å². The third kappa shape index (κ3) is 4.27. The second kappa shape index (κ2) is 7.80. The molecule has 0 spiro atoms. The van der Waals surface area contributed by atoms with Gasteiger partial charge in [-0.25, -0.2) is 0 Å². The fourth-order valence-electron chi connectivity index (χ4n) is 3.39. The lowest BCUT2D eigenvalue weighted by molar-refractivity contribution is -0.134. The van der Waals surface area contributed by atoms with Crippen molar-refractivity contribution in [1.29, 1.82) is 0 Å². The van der Waals surface area contributed by atoms with Crippen LogP contribution in [0.2, 0.25) is 0 Å². The van der Waals surface area contributed by atoms with E-state index in [4.69, 9.17) is 4.52 Å². The highest BCUT2D eigenvalue weighted by Gasteiger charge is 2.34. The monoisotopic (exact) mass is 343 g/mol. The summed E-state index contributed by atoms with van der Waals surface area (Å²) in [5, 5.41) is 17.7. The van der Waals surface area contributed by atoms with Gasteiger partial charge in [0.25, 0.3) is 0 Å². The van der Waals surface area contributed by atoms with Gasteiger partial charge in [-0.2, -0.15) is 0 Å². The summed E-state index contributed by atoms with van der Waals surface area (Å²) in [6, 6.07) is 11.5. The van der Waals surface area contributed by atoms with Crippen LogP contribution in [0.1, 0.15) is 42.8 Å². The molecule has 6 nitrogen and oxygen atoms in total. The van der Waals surface area contributed by atoms with E-state index in [0.29, 0.717) is 12.3 Å². The van der Waals surface area contributed by atoms with Crippen molar-refractivity contribution in [1.82, 2.24) is 15.4 Å². The Kier molecular flexibility index (Phi) is 5.50. The van der Waals surface area contributed by atoms with E-state index >= 15 is 0 Å². The summed E-state index contributed by atoms with van der Waals surface area (Å²) in [5.74, 6) is 0.528. The number of rotatable bonds is 6. The Balaban J connectivity index is 1.61. The van der Waals surface area contributed by atoms with Gasteiger partial charge >= 0.3 is 0 Å². The van der Waals surface area contributed by atoms with Crippen molar-refractivity contribution < 1.29 is 14.4 Å². The smallest absolute Gasteiger partial charge is 0.230 e. The van der Waals surface area contributed by atoms with Crippen molar-refractivity contribution in [2.24, 2.45) is 0 Å². The molecule has 3 atom stereocenters. The van der Waals surface area contributed by atoms with Gasteiger partial charge in [0.05, 0.1) is 18.2 Å². The summed E-state index contributed by atoms with van der Waals surface area (Å²) in [6.07, 6.45) is 1.09. The Bertz CT molecular complexity index is 701. The van der Waals surface area contributed by atoms with Crippen LogP contribution < -0.4 is 5.32 Å². The van der Waals surface area contributed by atoms with E-state index in [2.05, 4.69) is 10.5 Å². The highest BCUT2D eigenvalue weighted by atomic mass is 16.5. The Hall–Kier alpha value is -2.18. The molecule has 134 valence electrons. The topological polar surface area (TPSA) is 78.6 Å². The zero-order chi connectivity index (χ0) is 17.8. The minimum atomic E-state index is -0.766. The molecule has 1 fully saturated rings. The maximum absolute atomic E-state index is 12.6. The molecule has 0 saturated carbocycles. The highest BCUT2D eigenvalue weighted by molar-refractivity contribution is 5.78. The molecule has 1 aliphatic heterocycles. The van der Waals surface area contributed by atoms with Gasteiger partial charge in [-0.05, 0) is 32.3 Å². The number of aromatic nitrogens is 1.